The number of hydrogen-bond donors (Lipinski definition) is 3. The highest BCUT2D eigenvalue weighted by Crippen LogP contribution is 2.23. The first-order chi connectivity index (χ1) is 7.09. The van der Waals surface area contributed by atoms with Gasteiger partial charge in [-0.25, -0.2) is 9.78 Å². The lowest BCUT2D eigenvalue weighted by Gasteiger charge is -1.95. The van der Waals surface area contributed by atoms with Crippen LogP contribution in [0.4, 0.5) is 0 Å². The standard InChI is InChI=1S/C9H10N4O2/c1-4-6(3-10-13-4)7-8(9(14)15)12-5(2)11-7/h3H,1-2H3,(H,10,13)(H,11,12)(H,14,15). The van der Waals surface area contributed by atoms with Crippen LogP contribution in [-0.4, -0.2) is 31.2 Å². The van der Waals surface area contributed by atoms with Crippen molar-refractivity contribution in [3.63, 3.8) is 0 Å². The van der Waals surface area contributed by atoms with Crippen LogP contribution in [0.1, 0.15) is 22.0 Å². The van der Waals surface area contributed by atoms with Gasteiger partial charge in [0.25, 0.3) is 0 Å². The molecule has 0 spiro atoms. The van der Waals surface area contributed by atoms with Crippen LogP contribution in [0.2, 0.25) is 0 Å². The van der Waals surface area contributed by atoms with E-state index in [1.165, 1.54) is 0 Å². The summed E-state index contributed by atoms with van der Waals surface area (Å²) in [5.41, 5.74) is 2.02. The molecule has 0 aromatic carbocycles. The van der Waals surface area contributed by atoms with Crippen LogP contribution >= 0.6 is 0 Å². The summed E-state index contributed by atoms with van der Waals surface area (Å²) in [6, 6.07) is 0. The van der Waals surface area contributed by atoms with Gasteiger partial charge >= 0.3 is 5.97 Å². The van der Waals surface area contributed by atoms with E-state index < -0.39 is 5.97 Å². The molecule has 0 saturated heterocycles. The first-order valence-corrected chi connectivity index (χ1v) is 4.40. The number of nitrogens with one attached hydrogen (secondary N) is 2. The Morgan fingerprint density at radius 3 is 2.73 bits per heavy atom. The Labute approximate surface area is 85.4 Å². The molecule has 0 aliphatic heterocycles. The number of aryl methyl sites for hydroxylation is 2. The number of hydrogen-bond acceptors (Lipinski definition) is 3. The fourth-order valence-electron chi connectivity index (χ4n) is 1.43. The molecule has 6 heteroatoms. The van der Waals surface area contributed by atoms with E-state index in [0.717, 1.165) is 5.69 Å². The second-order valence-electron chi connectivity index (χ2n) is 3.26. The lowest BCUT2D eigenvalue weighted by molar-refractivity contribution is 0.0692. The van der Waals surface area contributed by atoms with Crippen LogP contribution in [0, 0.1) is 13.8 Å². The summed E-state index contributed by atoms with van der Waals surface area (Å²) in [4.78, 5) is 17.8. The zero-order valence-corrected chi connectivity index (χ0v) is 8.33. The van der Waals surface area contributed by atoms with Gasteiger partial charge in [-0.2, -0.15) is 5.10 Å². The van der Waals surface area contributed by atoms with Gasteiger partial charge in [0.1, 0.15) is 11.5 Å². The van der Waals surface area contributed by atoms with Crippen molar-refractivity contribution in [2.75, 3.05) is 0 Å². The number of imidazole rings is 1. The minimum absolute atomic E-state index is 0.0944. The highest BCUT2D eigenvalue weighted by Gasteiger charge is 2.18. The number of aromatic amines is 2. The van der Waals surface area contributed by atoms with Gasteiger partial charge in [-0.3, -0.25) is 5.10 Å². The molecule has 0 saturated carbocycles. The Bertz CT molecular complexity index is 512. The van der Waals surface area contributed by atoms with Crippen molar-refractivity contribution in [1.29, 1.82) is 0 Å². The van der Waals surface area contributed by atoms with Crippen LogP contribution in [0.5, 0.6) is 0 Å². The van der Waals surface area contributed by atoms with Gasteiger partial charge in [0.05, 0.1) is 6.20 Å². The maximum Gasteiger partial charge on any atom is 0.354 e. The molecule has 0 aliphatic rings. The lowest BCUT2D eigenvalue weighted by atomic mass is 10.1. The number of carboxylic acids is 1. The molecular formula is C9H10N4O2. The molecule has 78 valence electrons. The third-order valence-corrected chi connectivity index (χ3v) is 2.12. The molecular weight excluding hydrogens is 196 g/mol. The molecule has 0 unspecified atom stereocenters. The van der Waals surface area contributed by atoms with E-state index in [2.05, 4.69) is 20.2 Å². The van der Waals surface area contributed by atoms with Gasteiger partial charge in [0.2, 0.25) is 0 Å². The molecule has 0 amide bonds. The Morgan fingerprint density at radius 1 is 1.47 bits per heavy atom. The van der Waals surface area contributed by atoms with Crippen LogP contribution in [0.25, 0.3) is 11.3 Å². The maximum atomic E-state index is 10.9. The van der Waals surface area contributed by atoms with Crippen molar-refractivity contribution in [3.05, 3.63) is 23.4 Å². The van der Waals surface area contributed by atoms with Crippen LogP contribution in [-0.2, 0) is 0 Å². The number of carboxylic acid groups (broad SMARTS) is 1. The van der Waals surface area contributed by atoms with Crippen LogP contribution in [0.15, 0.2) is 6.20 Å². The molecule has 6 nitrogen and oxygen atoms in total. The monoisotopic (exact) mass is 206 g/mol. The number of rotatable bonds is 2. The second kappa shape index (κ2) is 3.23. The molecule has 0 bridgehead atoms. The topological polar surface area (TPSA) is 94.7 Å². The molecule has 2 rings (SSSR count). The third kappa shape index (κ3) is 1.50. The molecule has 0 aliphatic carbocycles. The molecule has 2 heterocycles. The van der Waals surface area contributed by atoms with Gasteiger partial charge in [-0.1, -0.05) is 0 Å². The SMILES string of the molecule is Cc1nc(-c2cn[nH]c2C)c(C(=O)O)[nH]1. The zero-order chi connectivity index (χ0) is 11.0. The molecule has 0 atom stereocenters. The number of carbonyl (C=O) groups is 1. The predicted molar refractivity (Wildman–Crippen MR) is 52.6 cm³/mol. The molecule has 15 heavy (non-hydrogen) atoms. The van der Waals surface area contributed by atoms with Crippen molar-refractivity contribution in [2.45, 2.75) is 13.8 Å². The van der Waals surface area contributed by atoms with Gasteiger partial charge in [0.15, 0.2) is 5.69 Å². The Morgan fingerprint density at radius 2 is 2.20 bits per heavy atom. The van der Waals surface area contributed by atoms with Crippen molar-refractivity contribution in [3.8, 4) is 11.3 Å². The van der Waals surface area contributed by atoms with Crippen LogP contribution in [0.3, 0.4) is 0 Å². The van der Waals surface area contributed by atoms with Crippen molar-refractivity contribution in [2.24, 2.45) is 0 Å². The minimum Gasteiger partial charge on any atom is -0.477 e. The van der Waals surface area contributed by atoms with E-state index in [0.29, 0.717) is 17.1 Å². The highest BCUT2D eigenvalue weighted by atomic mass is 16.4. The van der Waals surface area contributed by atoms with Gasteiger partial charge in [-0.05, 0) is 13.8 Å². The molecule has 2 aromatic heterocycles. The van der Waals surface area contributed by atoms with E-state index in [4.69, 9.17) is 5.11 Å². The Hall–Kier alpha value is -2.11. The summed E-state index contributed by atoms with van der Waals surface area (Å²) in [5.74, 6) is -0.450. The summed E-state index contributed by atoms with van der Waals surface area (Å²) < 4.78 is 0. The van der Waals surface area contributed by atoms with Crippen LogP contribution < -0.4 is 0 Å². The van der Waals surface area contributed by atoms with Crippen molar-refractivity contribution in [1.82, 2.24) is 20.2 Å². The predicted octanol–water partition coefficient (Wildman–Crippen LogP) is 1.11. The lowest BCUT2D eigenvalue weighted by Crippen LogP contribution is -1.99. The fourth-order valence-corrected chi connectivity index (χ4v) is 1.43. The van der Waals surface area contributed by atoms with Crippen molar-refractivity contribution >= 4 is 5.97 Å². The molecule has 2 aromatic rings. The van der Waals surface area contributed by atoms with E-state index in [9.17, 15) is 4.79 Å². The summed E-state index contributed by atoms with van der Waals surface area (Å²) in [5, 5.41) is 15.5. The van der Waals surface area contributed by atoms with E-state index in [-0.39, 0.29) is 5.69 Å². The van der Waals surface area contributed by atoms with E-state index >= 15 is 0 Å². The quantitative estimate of drug-likeness (QED) is 0.686. The minimum atomic E-state index is -1.02. The largest absolute Gasteiger partial charge is 0.477 e. The number of nitrogens with zero attached hydrogens (tertiary/aromatic N) is 2. The average Bonchev–Trinajstić information content (AvgIpc) is 2.71. The van der Waals surface area contributed by atoms with Gasteiger partial charge in [0, 0.05) is 11.3 Å². The van der Waals surface area contributed by atoms with E-state index in [1.54, 1.807) is 13.1 Å². The number of H-pyrrole nitrogens is 2. The highest BCUT2D eigenvalue weighted by molar-refractivity contribution is 5.93. The Balaban J connectivity index is 2.62. The third-order valence-electron chi connectivity index (χ3n) is 2.12. The summed E-state index contributed by atoms with van der Waals surface area (Å²) in [6.07, 6.45) is 1.57. The van der Waals surface area contributed by atoms with Gasteiger partial charge < -0.3 is 10.1 Å². The number of aromatic carboxylic acids is 1. The molecule has 3 N–H and O–H groups in total. The fraction of sp³-hybridized carbons (Fsp3) is 0.222. The average molecular weight is 206 g/mol. The van der Waals surface area contributed by atoms with Gasteiger partial charge in [-0.15, -0.1) is 0 Å². The Kier molecular flexibility index (Phi) is 2.03. The second-order valence-corrected chi connectivity index (χ2v) is 3.26. The zero-order valence-electron chi connectivity index (χ0n) is 8.33. The first-order valence-electron chi connectivity index (χ1n) is 4.40. The first kappa shape index (κ1) is 9.45. The smallest absolute Gasteiger partial charge is 0.354 e. The summed E-state index contributed by atoms with van der Waals surface area (Å²) in [6.45, 7) is 3.53. The molecule has 0 fully saturated rings. The normalized spacial score (nSPS) is 10.5. The number of aromatic nitrogens is 4. The van der Waals surface area contributed by atoms with E-state index in [1.807, 2.05) is 6.92 Å². The maximum absolute atomic E-state index is 10.9. The molecule has 0 radical (unpaired) electrons. The van der Waals surface area contributed by atoms with Crippen molar-refractivity contribution < 1.29 is 9.90 Å². The summed E-state index contributed by atoms with van der Waals surface area (Å²) in [7, 11) is 0. The summed E-state index contributed by atoms with van der Waals surface area (Å²) >= 11 is 0.